The van der Waals surface area contributed by atoms with Crippen LogP contribution in [0.5, 0.6) is 0 Å². The number of rotatable bonds is 4. The normalized spacial score (nSPS) is 16.8. The van der Waals surface area contributed by atoms with Crippen molar-refractivity contribution in [3.63, 3.8) is 0 Å². The molecule has 0 aromatic carbocycles. The Morgan fingerprint density at radius 1 is 1.39 bits per heavy atom. The molecule has 1 amide bonds. The fourth-order valence-electron chi connectivity index (χ4n) is 2.05. The van der Waals surface area contributed by atoms with Crippen molar-refractivity contribution in [1.29, 1.82) is 0 Å². The third-order valence-corrected chi connectivity index (χ3v) is 3.01. The van der Waals surface area contributed by atoms with E-state index in [-0.39, 0.29) is 12.0 Å². The van der Waals surface area contributed by atoms with Crippen LogP contribution in [0.4, 0.5) is 0 Å². The maximum absolute atomic E-state index is 12.1. The summed E-state index contributed by atoms with van der Waals surface area (Å²) in [5.41, 5.74) is 5.93. The van der Waals surface area contributed by atoms with Gasteiger partial charge in [-0.2, -0.15) is 0 Å². The largest absolute Gasteiger partial charge is 0.377 e. The average Bonchev–Trinajstić information content (AvgIpc) is 2.46. The number of hydrogen-bond acceptors (Lipinski definition) is 5. The first-order valence-electron chi connectivity index (χ1n) is 6.17. The van der Waals surface area contributed by atoms with Gasteiger partial charge in [0.1, 0.15) is 6.33 Å². The number of aromatic nitrogens is 2. The van der Waals surface area contributed by atoms with Gasteiger partial charge in [0.15, 0.2) is 0 Å². The summed E-state index contributed by atoms with van der Waals surface area (Å²) in [7, 11) is 0. The van der Waals surface area contributed by atoms with E-state index in [0.717, 1.165) is 12.8 Å². The molecule has 2 rings (SSSR count). The summed E-state index contributed by atoms with van der Waals surface area (Å²) < 4.78 is 5.58. The summed E-state index contributed by atoms with van der Waals surface area (Å²) in [5, 5.41) is 0. The van der Waals surface area contributed by atoms with Gasteiger partial charge in [0.25, 0.3) is 5.91 Å². The second-order valence-corrected chi connectivity index (χ2v) is 4.28. The molecule has 6 heteroatoms. The summed E-state index contributed by atoms with van der Waals surface area (Å²) in [6.07, 6.45) is 6.46. The number of carbonyl (C=O) groups is 1. The molecule has 0 atom stereocenters. The van der Waals surface area contributed by atoms with Gasteiger partial charge in [0.05, 0.1) is 18.3 Å². The second kappa shape index (κ2) is 6.42. The lowest BCUT2D eigenvalue weighted by Gasteiger charge is -2.31. The van der Waals surface area contributed by atoms with E-state index >= 15 is 0 Å². The van der Waals surface area contributed by atoms with Crippen LogP contribution in [0.3, 0.4) is 0 Å². The van der Waals surface area contributed by atoms with Gasteiger partial charge in [-0.15, -0.1) is 0 Å². The molecule has 1 aliphatic rings. The predicted octanol–water partition coefficient (Wildman–Crippen LogP) is 0.0565. The Kier molecular flexibility index (Phi) is 4.60. The van der Waals surface area contributed by atoms with Gasteiger partial charge in [-0.25, -0.2) is 9.97 Å². The molecule has 0 aliphatic carbocycles. The highest BCUT2D eigenvalue weighted by Crippen LogP contribution is 2.15. The number of ether oxygens (including phenoxy) is 1. The van der Waals surface area contributed by atoms with Gasteiger partial charge >= 0.3 is 0 Å². The molecule has 1 saturated heterocycles. The summed E-state index contributed by atoms with van der Waals surface area (Å²) in [6, 6.07) is 0. The molecule has 18 heavy (non-hydrogen) atoms. The highest BCUT2D eigenvalue weighted by molar-refractivity contribution is 5.93. The van der Waals surface area contributed by atoms with Gasteiger partial charge < -0.3 is 15.4 Å². The topological polar surface area (TPSA) is 81.3 Å². The molecule has 0 saturated carbocycles. The zero-order valence-electron chi connectivity index (χ0n) is 10.3. The first-order chi connectivity index (χ1) is 8.81. The highest BCUT2D eigenvalue weighted by Gasteiger charge is 2.24. The number of hydrogen-bond donors (Lipinski definition) is 1. The number of carbonyl (C=O) groups excluding carboxylic acids is 1. The minimum absolute atomic E-state index is 0.00660. The van der Waals surface area contributed by atoms with E-state index in [4.69, 9.17) is 10.5 Å². The molecule has 2 N–H and O–H groups in total. The SMILES string of the molecule is NCCOC1CCN(C(=O)c2cncnc2)CC1. The third kappa shape index (κ3) is 3.24. The number of nitrogens with zero attached hydrogens (tertiary/aromatic N) is 3. The lowest BCUT2D eigenvalue weighted by Crippen LogP contribution is -2.41. The lowest BCUT2D eigenvalue weighted by atomic mass is 10.1. The quantitative estimate of drug-likeness (QED) is 0.817. The fourth-order valence-corrected chi connectivity index (χ4v) is 2.05. The molecule has 1 aliphatic heterocycles. The molecule has 0 unspecified atom stereocenters. The van der Waals surface area contributed by atoms with Crippen LogP contribution in [-0.4, -0.2) is 53.1 Å². The Hall–Kier alpha value is -1.53. The van der Waals surface area contributed by atoms with Crippen LogP contribution in [0.2, 0.25) is 0 Å². The van der Waals surface area contributed by atoms with Gasteiger partial charge in [0.2, 0.25) is 0 Å². The minimum Gasteiger partial charge on any atom is -0.377 e. The summed E-state index contributed by atoms with van der Waals surface area (Å²) >= 11 is 0. The summed E-state index contributed by atoms with van der Waals surface area (Å²) in [5.74, 6) is -0.00660. The van der Waals surface area contributed by atoms with E-state index in [1.807, 2.05) is 4.90 Å². The van der Waals surface area contributed by atoms with Crippen molar-refractivity contribution in [3.8, 4) is 0 Å². The fraction of sp³-hybridized carbons (Fsp3) is 0.583. The predicted molar refractivity (Wildman–Crippen MR) is 66.0 cm³/mol. The maximum Gasteiger partial charge on any atom is 0.256 e. The van der Waals surface area contributed by atoms with Crippen LogP contribution in [0, 0.1) is 0 Å². The van der Waals surface area contributed by atoms with Crippen LogP contribution in [0.1, 0.15) is 23.2 Å². The van der Waals surface area contributed by atoms with E-state index in [1.54, 1.807) is 12.4 Å². The smallest absolute Gasteiger partial charge is 0.256 e. The van der Waals surface area contributed by atoms with Gasteiger partial charge in [-0.1, -0.05) is 0 Å². The molecule has 1 aromatic heterocycles. The molecule has 0 bridgehead atoms. The van der Waals surface area contributed by atoms with Crippen molar-refractivity contribution in [2.45, 2.75) is 18.9 Å². The Bertz CT molecular complexity index is 377. The molecule has 98 valence electrons. The third-order valence-electron chi connectivity index (χ3n) is 3.01. The Balaban J connectivity index is 1.84. The van der Waals surface area contributed by atoms with E-state index in [0.29, 0.717) is 31.8 Å². The monoisotopic (exact) mass is 250 g/mol. The molecule has 0 spiro atoms. The first kappa shape index (κ1) is 12.9. The van der Waals surface area contributed by atoms with E-state index < -0.39 is 0 Å². The average molecular weight is 250 g/mol. The molecule has 1 fully saturated rings. The first-order valence-corrected chi connectivity index (χ1v) is 6.17. The molecule has 1 aromatic rings. The van der Waals surface area contributed by atoms with Crippen molar-refractivity contribution in [2.75, 3.05) is 26.2 Å². The van der Waals surface area contributed by atoms with E-state index in [1.165, 1.54) is 6.33 Å². The Labute approximate surface area is 106 Å². The highest BCUT2D eigenvalue weighted by atomic mass is 16.5. The molecule has 2 heterocycles. The number of likely N-dealkylation sites (tertiary alicyclic amines) is 1. The molecule has 6 nitrogen and oxygen atoms in total. The van der Waals surface area contributed by atoms with Crippen molar-refractivity contribution in [1.82, 2.24) is 14.9 Å². The zero-order chi connectivity index (χ0) is 12.8. The van der Waals surface area contributed by atoms with Gasteiger partial charge in [0, 0.05) is 32.0 Å². The maximum atomic E-state index is 12.1. The minimum atomic E-state index is -0.00660. The molecule has 0 radical (unpaired) electrons. The standard InChI is InChI=1S/C12H18N4O2/c13-3-6-18-11-1-4-16(5-2-11)12(17)10-7-14-9-15-8-10/h7-9,11H,1-6,13H2. The Morgan fingerprint density at radius 3 is 2.67 bits per heavy atom. The Morgan fingerprint density at radius 2 is 2.06 bits per heavy atom. The lowest BCUT2D eigenvalue weighted by molar-refractivity contribution is 0.0121. The number of nitrogens with two attached hydrogens (primary N) is 1. The van der Waals surface area contributed by atoms with Gasteiger partial charge in [-0.05, 0) is 12.8 Å². The van der Waals surface area contributed by atoms with Crippen LogP contribution in [-0.2, 0) is 4.74 Å². The van der Waals surface area contributed by atoms with Crippen LogP contribution in [0.25, 0.3) is 0 Å². The van der Waals surface area contributed by atoms with Crippen LogP contribution < -0.4 is 5.73 Å². The zero-order valence-corrected chi connectivity index (χ0v) is 10.3. The van der Waals surface area contributed by atoms with Crippen molar-refractivity contribution >= 4 is 5.91 Å². The molecular weight excluding hydrogens is 232 g/mol. The van der Waals surface area contributed by atoms with Crippen LogP contribution in [0.15, 0.2) is 18.7 Å². The van der Waals surface area contributed by atoms with Crippen molar-refractivity contribution in [2.24, 2.45) is 5.73 Å². The van der Waals surface area contributed by atoms with Crippen molar-refractivity contribution in [3.05, 3.63) is 24.3 Å². The van der Waals surface area contributed by atoms with E-state index in [2.05, 4.69) is 9.97 Å². The van der Waals surface area contributed by atoms with Crippen LogP contribution >= 0.6 is 0 Å². The molecular formula is C12H18N4O2. The number of amides is 1. The number of piperidine rings is 1. The summed E-state index contributed by atoms with van der Waals surface area (Å²) in [4.78, 5) is 21.6. The van der Waals surface area contributed by atoms with Gasteiger partial charge in [-0.3, -0.25) is 4.79 Å². The summed E-state index contributed by atoms with van der Waals surface area (Å²) in [6.45, 7) is 2.55. The second-order valence-electron chi connectivity index (χ2n) is 4.28. The van der Waals surface area contributed by atoms with Crippen molar-refractivity contribution < 1.29 is 9.53 Å². The van der Waals surface area contributed by atoms with E-state index in [9.17, 15) is 4.79 Å².